The molecular weight excluding hydrogens is 346 g/mol. The number of aromatic nitrogens is 4. The zero-order chi connectivity index (χ0) is 19.4. The predicted molar refractivity (Wildman–Crippen MR) is 99.7 cm³/mol. The molecule has 1 amide bonds. The van der Waals surface area contributed by atoms with Crippen LogP contribution in [0, 0.1) is 5.92 Å². The second kappa shape index (κ2) is 8.04. The second-order valence-electron chi connectivity index (χ2n) is 7.21. The molecule has 0 N–H and O–H groups in total. The summed E-state index contributed by atoms with van der Waals surface area (Å²) in [4.78, 5) is 14.4. The number of tetrazole rings is 1. The summed E-state index contributed by atoms with van der Waals surface area (Å²) in [7, 11) is 4.99. The minimum Gasteiger partial charge on any atom is -0.497 e. The van der Waals surface area contributed by atoms with Gasteiger partial charge in [-0.1, -0.05) is 6.92 Å². The van der Waals surface area contributed by atoms with Crippen molar-refractivity contribution in [3.8, 4) is 11.4 Å². The monoisotopic (exact) mass is 373 g/mol. The predicted octanol–water partition coefficient (Wildman–Crippen LogP) is 2.18. The normalized spacial score (nSPS) is 22.4. The molecule has 0 unspecified atom stereocenters. The van der Waals surface area contributed by atoms with Gasteiger partial charge >= 0.3 is 0 Å². The highest BCUT2D eigenvalue weighted by atomic mass is 16.5. The lowest BCUT2D eigenvalue weighted by Gasteiger charge is -2.44. The summed E-state index contributed by atoms with van der Waals surface area (Å²) in [5, 5.41) is 12.5. The summed E-state index contributed by atoms with van der Waals surface area (Å²) >= 11 is 0. The lowest BCUT2D eigenvalue weighted by molar-refractivity contribution is -0.142. The van der Waals surface area contributed by atoms with Crippen LogP contribution in [0.2, 0.25) is 0 Å². The summed E-state index contributed by atoms with van der Waals surface area (Å²) in [6.45, 7) is 2.28. The van der Waals surface area contributed by atoms with E-state index in [0.717, 1.165) is 37.1 Å². The van der Waals surface area contributed by atoms with Gasteiger partial charge in [0.15, 0.2) is 5.82 Å². The first-order valence-electron chi connectivity index (χ1n) is 9.20. The Morgan fingerprint density at radius 3 is 2.52 bits per heavy atom. The summed E-state index contributed by atoms with van der Waals surface area (Å²) in [5.74, 6) is 2.00. The molecule has 0 aliphatic heterocycles. The van der Waals surface area contributed by atoms with Crippen LogP contribution in [0.1, 0.15) is 38.4 Å². The molecule has 3 rings (SSSR count). The molecule has 8 heteroatoms. The third-order valence-electron chi connectivity index (χ3n) is 5.59. The number of benzene rings is 1. The molecule has 1 heterocycles. The van der Waals surface area contributed by atoms with Gasteiger partial charge in [-0.15, -0.1) is 5.10 Å². The first-order chi connectivity index (χ1) is 13.0. The fraction of sp³-hybridized carbons (Fsp3) is 0.579. The van der Waals surface area contributed by atoms with Crippen molar-refractivity contribution >= 4 is 5.91 Å². The number of hydrogen-bond acceptors (Lipinski definition) is 6. The molecule has 0 saturated heterocycles. The molecule has 1 aliphatic rings. The zero-order valence-corrected chi connectivity index (χ0v) is 16.4. The van der Waals surface area contributed by atoms with E-state index in [9.17, 15) is 4.79 Å². The maximum absolute atomic E-state index is 12.7. The number of amides is 1. The van der Waals surface area contributed by atoms with Crippen molar-refractivity contribution in [2.75, 3.05) is 27.9 Å². The van der Waals surface area contributed by atoms with E-state index in [4.69, 9.17) is 9.47 Å². The molecule has 1 fully saturated rings. The molecule has 8 nitrogen and oxygen atoms in total. The van der Waals surface area contributed by atoms with Crippen molar-refractivity contribution in [3.63, 3.8) is 0 Å². The molecule has 1 aromatic heterocycles. The minimum absolute atomic E-state index is 0.0396. The summed E-state index contributed by atoms with van der Waals surface area (Å²) in [6, 6.07) is 7.57. The first-order valence-corrected chi connectivity index (χ1v) is 9.20. The minimum atomic E-state index is -0.550. The lowest BCUT2D eigenvalue weighted by atomic mass is 9.75. The van der Waals surface area contributed by atoms with Gasteiger partial charge in [0, 0.05) is 14.2 Å². The number of ether oxygens (including phenoxy) is 2. The van der Waals surface area contributed by atoms with Crippen LogP contribution >= 0.6 is 0 Å². The molecule has 2 aromatic rings. The standard InChI is InChI=1S/C19H27N5O3/c1-14-9-11-19(12-10-14,23(2)17(25)13-26-3)18-20-21-22-24(18)15-5-7-16(27-4)8-6-15/h5-8,14H,9-13H2,1-4H3. The fourth-order valence-electron chi connectivity index (χ4n) is 3.78. The molecule has 146 valence electrons. The number of rotatable bonds is 6. The molecule has 27 heavy (non-hydrogen) atoms. The topological polar surface area (TPSA) is 82.4 Å². The van der Waals surface area contributed by atoms with Gasteiger partial charge < -0.3 is 14.4 Å². The van der Waals surface area contributed by atoms with Crippen LogP contribution in [0.25, 0.3) is 5.69 Å². The SMILES string of the molecule is COCC(=O)N(C)C1(c2nnnn2-c2ccc(OC)cc2)CCC(C)CC1. The lowest BCUT2D eigenvalue weighted by Crippen LogP contribution is -2.51. The maximum atomic E-state index is 12.7. The van der Waals surface area contributed by atoms with Gasteiger partial charge in [-0.3, -0.25) is 4.79 Å². The van der Waals surface area contributed by atoms with E-state index in [1.165, 1.54) is 7.11 Å². The molecule has 0 bridgehead atoms. The molecule has 1 aromatic carbocycles. The molecule has 0 radical (unpaired) electrons. The van der Waals surface area contributed by atoms with E-state index < -0.39 is 5.54 Å². The Hall–Kier alpha value is -2.48. The van der Waals surface area contributed by atoms with Gasteiger partial charge in [0.2, 0.25) is 5.91 Å². The Bertz CT molecular complexity index is 766. The van der Waals surface area contributed by atoms with Crippen LogP contribution in [0.5, 0.6) is 5.75 Å². The third-order valence-corrected chi connectivity index (χ3v) is 5.59. The number of carbonyl (C=O) groups is 1. The quantitative estimate of drug-likeness (QED) is 0.772. The van der Waals surface area contributed by atoms with E-state index in [0.29, 0.717) is 11.7 Å². The van der Waals surface area contributed by atoms with Crippen LogP contribution in [0.4, 0.5) is 0 Å². The largest absolute Gasteiger partial charge is 0.497 e. The number of likely N-dealkylation sites (N-methyl/N-ethyl adjacent to an activating group) is 1. The average molecular weight is 373 g/mol. The molecule has 1 saturated carbocycles. The Kier molecular flexibility index (Phi) is 5.74. The highest BCUT2D eigenvalue weighted by Crippen LogP contribution is 2.43. The van der Waals surface area contributed by atoms with Crippen molar-refractivity contribution < 1.29 is 14.3 Å². The highest BCUT2D eigenvalue weighted by molar-refractivity contribution is 5.78. The summed E-state index contributed by atoms with van der Waals surface area (Å²) in [5.41, 5.74) is 0.285. The molecule has 1 aliphatic carbocycles. The van der Waals surface area contributed by atoms with E-state index in [-0.39, 0.29) is 12.5 Å². The van der Waals surface area contributed by atoms with E-state index >= 15 is 0 Å². The number of carbonyl (C=O) groups excluding carboxylic acids is 1. The number of nitrogens with zero attached hydrogens (tertiary/aromatic N) is 5. The number of hydrogen-bond donors (Lipinski definition) is 0. The first kappa shape index (κ1) is 19.3. The summed E-state index contributed by atoms with van der Waals surface area (Å²) in [6.07, 6.45) is 3.66. The van der Waals surface area contributed by atoms with Crippen LogP contribution in [-0.4, -0.2) is 58.9 Å². The molecular formula is C19H27N5O3. The Labute approximate surface area is 159 Å². The van der Waals surface area contributed by atoms with Crippen molar-refractivity contribution in [1.82, 2.24) is 25.1 Å². The fourth-order valence-corrected chi connectivity index (χ4v) is 3.78. The average Bonchev–Trinajstić information content (AvgIpc) is 3.19. The third kappa shape index (κ3) is 3.66. The van der Waals surface area contributed by atoms with Crippen LogP contribution in [0.3, 0.4) is 0 Å². The van der Waals surface area contributed by atoms with Crippen molar-refractivity contribution in [1.29, 1.82) is 0 Å². The van der Waals surface area contributed by atoms with Gasteiger partial charge in [0.05, 0.1) is 12.8 Å². The van der Waals surface area contributed by atoms with Gasteiger partial charge in [-0.2, -0.15) is 4.68 Å². The van der Waals surface area contributed by atoms with E-state index in [1.54, 1.807) is 16.7 Å². The molecule has 0 spiro atoms. The summed E-state index contributed by atoms with van der Waals surface area (Å²) < 4.78 is 12.0. The Balaban J connectivity index is 2.03. The van der Waals surface area contributed by atoms with Crippen molar-refractivity contribution in [3.05, 3.63) is 30.1 Å². The van der Waals surface area contributed by atoms with Gasteiger partial charge in [-0.25, -0.2) is 0 Å². The van der Waals surface area contributed by atoms with Crippen LogP contribution < -0.4 is 4.74 Å². The van der Waals surface area contributed by atoms with Gasteiger partial charge in [-0.05, 0) is 66.3 Å². The number of methoxy groups -OCH3 is 2. The maximum Gasteiger partial charge on any atom is 0.249 e. The van der Waals surface area contributed by atoms with Gasteiger partial charge in [0.1, 0.15) is 17.9 Å². The van der Waals surface area contributed by atoms with Crippen LogP contribution in [0.15, 0.2) is 24.3 Å². The van der Waals surface area contributed by atoms with Crippen LogP contribution in [-0.2, 0) is 15.1 Å². The van der Waals surface area contributed by atoms with Crippen molar-refractivity contribution in [2.45, 2.75) is 38.1 Å². The Morgan fingerprint density at radius 2 is 1.93 bits per heavy atom. The van der Waals surface area contributed by atoms with E-state index in [2.05, 4.69) is 22.4 Å². The highest BCUT2D eigenvalue weighted by Gasteiger charge is 2.45. The second-order valence-corrected chi connectivity index (χ2v) is 7.21. The van der Waals surface area contributed by atoms with Gasteiger partial charge in [0.25, 0.3) is 0 Å². The van der Waals surface area contributed by atoms with Crippen molar-refractivity contribution in [2.24, 2.45) is 5.92 Å². The smallest absolute Gasteiger partial charge is 0.249 e. The zero-order valence-electron chi connectivity index (χ0n) is 16.4. The Morgan fingerprint density at radius 1 is 1.26 bits per heavy atom. The van der Waals surface area contributed by atoms with E-state index in [1.807, 2.05) is 31.3 Å². The molecule has 0 atom stereocenters.